The van der Waals surface area contributed by atoms with Gasteiger partial charge in [0, 0.05) is 22.4 Å². The highest BCUT2D eigenvalue weighted by Gasteiger charge is 2.12. The van der Waals surface area contributed by atoms with E-state index in [-0.39, 0.29) is 6.42 Å². The zero-order valence-electron chi connectivity index (χ0n) is 11.1. The van der Waals surface area contributed by atoms with Crippen LogP contribution < -0.4 is 4.74 Å². The molecule has 0 bridgehead atoms. The van der Waals surface area contributed by atoms with E-state index in [1.165, 1.54) is 11.3 Å². The SMILES string of the molecule is COc1ncccc1CSc1nc(C)c(CC(=O)O)s1. The first-order valence-electron chi connectivity index (χ1n) is 5.89. The molecule has 2 aromatic heterocycles. The van der Waals surface area contributed by atoms with Crippen molar-refractivity contribution in [1.82, 2.24) is 9.97 Å². The number of carbonyl (C=O) groups is 1. The standard InChI is InChI=1S/C13H14N2O3S2/c1-8-10(6-11(16)17)20-13(15-8)19-7-9-4-3-5-14-12(9)18-2/h3-5H,6-7H2,1-2H3,(H,16,17). The predicted octanol–water partition coefficient (Wildman–Crippen LogP) is 2.77. The first-order valence-corrected chi connectivity index (χ1v) is 7.69. The highest BCUT2D eigenvalue weighted by atomic mass is 32.2. The van der Waals surface area contributed by atoms with E-state index >= 15 is 0 Å². The van der Waals surface area contributed by atoms with Crippen LogP contribution in [-0.4, -0.2) is 28.2 Å². The predicted molar refractivity (Wildman–Crippen MR) is 78.5 cm³/mol. The lowest BCUT2D eigenvalue weighted by Crippen LogP contribution is -1.99. The maximum atomic E-state index is 10.7. The van der Waals surface area contributed by atoms with Crippen molar-refractivity contribution in [3.8, 4) is 5.88 Å². The molecule has 1 N–H and O–H groups in total. The van der Waals surface area contributed by atoms with Crippen molar-refractivity contribution in [2.45, 2.75) is 23.4 Å². The van der Waals surface area contributed by atoms with E-state index in [4.69, 9.17) is 9.84 Å². The van der Waals surface area contributed by atoms with Crippen LogP contribution in [0.2, 0.25) is 0 Å². The third-order valence-electron chi connectivity index (χ3n) is 2.58. The first-order chi connectivity index (χ1) is 9.60. The maximum Gasteiger partial charge on any atom is 0.308 e. The summed E-state index contributed by atoms with van der Waals surface area (Å²) in [5.74, 6) is 0.470. The minimum absolute atomic E-state index is 0.0280. The van der Waals surface area contributed by atoms with Crippen LogP contribution in [0.3, 0.4) is 0 Å². The fourth-order valence-electron chi connectivity index (χ4n) is 1.62. The molecule has 2 aromatic rings. The van der Waals surface area contributed by atoms with Crippen LogP contribution in [0.5, 0.6) is 5.88 Å². The van der Waals surface area contributed by atoms with Gasteiger partial charge < -0.3 is 9.84 Å². The monoisotopic (exact) mass is 310 g/mol. The summed E-state index contributed by atoms with van der Waals surface area (Å²) in [5.41, 5.74) is 1.78. The van der Waals surface area contributed by atoms with Gasteiger partial charge in [0.2, 0.25) is 5.88 Å². The normalized spacial score (nSPS) is 10.5. The fraction of sp³-hybridized carbons (Fsp3) is 0.308. The summed E-state index contributed by atoms with van der Waals surface area (Å²) in [4.78, 5) is 20.1. The molecule has 2 rings (SSSR count). The third kappa shape index (κ3) is 3.71. The average Bonchev–Trinajstić information content (AvgIpc) is 2.76. The van der Waals surface area contributed by atoms with Crippen LogP contribution in [0.15, 0.2) is 22.7 Å². The molecule has 0 unspecified atom stereocenters. The van der Waals surface area contributed by atoms with E-state index in [0.717, 1.165) is 20.5 Å². The molecule has 0 fully saturated rings. The summed E-state index contributed by atoms with van der Waals surface area (Å²) in [6.45, 7) is 1.84. The van der Waals surface area contributed by atoms with Crippen LogP contribution in [0, 0.1) is 6.92 Å². The minimum atomic E-state index is -0.831. The molecular formula is C13H14N2O3S2. The van der Waals surface area contributed by atoms with Gasteiger partial charge in [-0.1, -0.05) is 17.8 Å². The molecule has 106 valence electrons. The topological polar surface area (TPSA) is 72.3 Å². The van der Waals surface area contributed by atoms with Gasteiger partial charge in [0.25, 0.3) is 0 Å². The third-order valence-corrected chi connectivity index (χ3v) is 4.93. The van der Waals surface area contributed by atoms with Crippen molar-refractivity contribution in [1.29, 1.82) is 0 Å². The summed E-state index contributed by atoms with van der Waals surface area (Å²) in [6.07, 6.45) is 1.71. The molecule has 0 saturated carbocycles. The van der Waals surface area contributed by atoms with Crippen LogP contribution in [-0.2, 0) is 17.0 Å². The number of aromatic nitrogens is 2. The maximum absolute atomic E-state index is 10.7. The number of hydrogen-bond acceptors (Lipinski definition) is 6. The van der Waals surface area contributed by atoms with Gasteiger partial charge in [-0.25, -0.2) is 9.97 Å². The van der Waals surface area contributed by atoms with Gasteiger partial charge in [0.1, 0.15) is 0 Å². The van der Waals surface area contributed by atoms with Gasteiger partial charge in [-0.3, -0.25) is 4.79 Å². The van der Waals surface area contributed by atoms with Crippen LogP contribution in [0.1, 0.15) is 16.1 Å². The highest BCUT2D eigenvalue weighted by molar-refractivity contribution is 8.00. The van der Waals surface area contributed by atoms with Gasteiger partial charge >= 0.3 is 5.97 Å². The largest absolute Gasteiger partial charge is 0.481 e. The van der Waals surface area contributed by atoms with Gasteiger partial charge in [0.15, 0.2) is 4.34 Å². The van der Waals surface area contributed by atoms with E-state index in [1.54, 1.807) is 25.1 Å². The summed E-state index contributed by atoms with van der Waals surface area (Å²) < 4.78 is 6.06. The fourth-order valence-corrected chi connectivity index (χ4v) is 3.82. The lowest BCUT2D eigenvalue weighted by molar-refractivity contribution is -0.136. The number of nitrogens with zero attached hydrogens (tertiary/aromatic N) is 2. The van der Waals surface area contributed by atoms with Gasteiger partial charge in [-0.15, -0.1) is 11.3 Å². The molecule has 0 aliphatic carbocycles. The molecule has 0 aromatic carbocycles. The number of carboxylic acids is 1. The van der Waals surface area contributed by atoms with E-state index < -0.39 is 5.97 Å². The van der Waals surface area contributed by atoms with E-state index in [1.807, 2.05) is 19.1 Å². The summed E-state index contributed by atoms with van der Waals surface area (Å²) in [6, 6.07) is 3.82. The molecule has 0 amide bonds. The van der Waals surface area contributed by atoms with Crippen molar-refractivity contribution in [3.05, 3.63) is 34.5 Å². The molecule has 0 atom stereocenters. The Morgan fingerprint density at radius 2 is 2.35 bits per heavy atom. The number of aryl methyl sites for hydroxylation is 1. The van der Waals surface area contributed by atoms with Crippen LogP contribution in [0.25, 0.3) is 0 Å². The molecule has 7 heteroatoms. The van der Waals surface area contributed by atoms with E-state index in [9.17, 15) is 4.79 Å². The lowest BCUT2D eigenvalue weighted by atomic mass is 10.3. The molecule has 0 aliphatic heterocycles. The Labute approximate surface area is 125 Å². The van der Waals surface area contributed by atoms with Crippen molar-refractivity contribution in [2.24, 2.45) is 0 Å². The number of pyridine rings is 1. The zero-order chi connectivity index (χ0) is 14.5. The Bertz CT molecular complexity index is 613. The van der Waals surface area contributed by atoms with Gasteiger partial charge in [-0.05, 0) is 13.0 Å². The summed E-state index contributed by atoms with van der Waals surface area (Å²) >= 11 is 2.99. The molecule has 0 aliphatic rings. The molecule has 5 nitrogen and oxygen atoms in total. The van der Waals surface area contributed by atoms with Crippen LogP contribution >= 0.6 is 23.1 Å². The highest BCUT2D eigenvalue weighted by Crippen LogP contribution is 2.31. The molecule has 20 heavy (non-hydrogen) atoms. The molecule has 0 saturated heterocycles. The zero-order valence-corrected chi connectivity index (χ0v) is 12.8. The lowest BCUT2D eigenvalue weighted by Gasteiger charge is -2.04. The number of thioether (sulfide) groups is 1. The molecule has 0 spiro atoms. The Balaban J connectivity index is 2.05. The second-order valence-corrected chi connectivity index (χ2v) is 6.33. The van der Waals surface area contributed by atoms with Crippen molar-refractivity contribution < 1.29 is 14.6 Å². The van der Waals surface area contributed by atoms with Crippen LogP contribution in [0.4, 0.5) is 0 Å². The molecule has 0 radical (unpaired) electrons. The Hall–Kier alpha value is -1.60. The molecule has 2 heterocycles. The average molecular weight is 310 g/mol. The smallest absolute Gasteiger partial charge is 0.308 e. The second-order valence-electron chi connectivity index (χ2n) is 4.02. The van der Waals surface area contributed by atoms with Crippen molar-refractivity contribution in [2.75, 3.05) is 7.11 Å². The van der Waals surface area contributed by atoms with Crippen molar-refractivity contribution >= 4 is 29.1 Å². The Morgan fingerprint density at radius 1 is 1.55 bits per heavy atom. The number of carboxylic acid groups (broad SMARTS) is 1. The van der Waals surface area contributed by atoms with Gasteiger partial charge in [-0.2, -0.15) is 0 Å². The summed E-state index contributed by atoms with van der Waals surface area (Å²) in [5, 5.41) is 8.82. The first kappa shape index (κ1) is 14.8. The molecular weight excluding hydrogens is 296 g/mol. The number of ether oxygens (including phenoxy) is 1. The quantitative estimate of drug-likeness (QED) is 0.827. The number of aliphatic carboxylic acids is 1. The number of thiazole rings is 1. The number of methoxy groups -OCH3 is 1. The van der Waals surface area contributed by atoms with Gasteiger partial charge in [0.05, 0.1) is 19.2 Å². The number of rotatable bonds is 6. The summed E-state index contributed by atoms with van der Waals surface area (Å²) in [7, 11) is 1.59. The van der Waals surface area contributed by atoms with E-state index in [0.29, 0.717) is 11.6 Å². The van der Waals surface area contributed by atoms with Crippen molar-refractivity contribution in [3.63, 3.8) is 0 Å². The van der Waals surface area contributed by atoms with E-state index in [2.05, 4.69) is 9.97 Å². The number of hydrogen-bond donors (Lipinski definition) is 1. The second kappa shape index (κ2) is 6.71. The Morgan fingerprint density at radius 3 is 3.05 bits per heavy atom. The Kier molecular flexibility index (Phi) is 4.97. The minimum Gasteiger partial charge on any atom is -0.481 e.